The van der Waals surface area contributed by atoms with Crippen molar-refractivity contribution in [2.75, 3.05) is 45.9 Å². The molecule has 9 heteroatoms. The van der Waals surface area contributed by atoms with Crippen LogP contribution in [-0.4, -0.2) is 78.3 Å². The number of halogens is 1. The summed E-state index contributed by atoms with van der Waals surface area (Å²) >= 11 is 7.73. The summed E-state index contributed by atoms with van der Waals surface area (Å²) in [5, 5.41) is 9.00. The van der Waals surface area contributed by atoms with E-state index in [2.05, 4.69) is 4.90 Å². The lowest BCUT2D eigenvalue weighted by Crippen LogP contribution is -2.47. The van der Waals surface area contributed by atoms with Gasteiger partial charge in [0.15, 0.2) is 0 Å². The number of ether oxygens (including phenoxy) is 1. The Hall–Kier alpha value is -2.26. The highest BCUT2D eigenvalue weighted by Gasteiger charge is 2.35. The van der Waals surface area contributed by atoms with Crippen molar-refractivity contribution in [2.45, 2.75) is 39.7 Å². The number of morpholine rings is 1. The number of hydrogen-bond donors (Lipinski definition) is 0. The minimum absolute atomic E-state index is 0.00453. The molecule has 2 aliphatic heterocycles. The van der Waals surface area contributed by atoms with E-state index in [1.165, 1.54) is 0 Å². The maximum atomic E-state index is 13.7. The zero-order valence-electron chi connectivity index (χ0n) is 21.3. The summed E-state index contributed by atoms with van der Waals surface area (Å²) in [5.41, 5.74) is 1.70. The number of hydrogen-bond acceptors (Lipinski definition) is 6. The van der Waals surface area contributed by atoms with Gasteiger partial charge in [0.2, 0.25) is 5.91 Å². The van der Waals surface area contributed by atoms with Gasteiger partial charge in [-0.05, 0) is 34.6 Å². The Morgan fingerprint density at radius 2 is 1.89 bits per heavy atom. The number of hydrazone groups is 1. The first-order chi connectivity index (χ1) is 17.2. The molecule has 1 unspecified atom stereocenters. The van der Waals surface area contributed by atoms with Gasteiger partial charge in [0.25, 0.3) is 5.91 Å². The SMILES string of the molecule is CC(C)(C)CC(=O)N(CCN1CCOCC1)CC(=O)N1N=C(c2cccs2)CC1c1ccc(Cl)cc1. The highest BCUT2D eigenvalue weighted by molar-refractivity contribution is 7.12. The summed E-state index contributed by atoms with van der Waals surface area (Å²) in [5.74, 6) is -0.181. The molecular formula is C27H35ClN4O3S. The monoisotopic (exact) mass is 530 g/mol. The molecule has 0 bridgehead atoms. The predicted molar refractivity (Wildman–Crippen MR) is 144 cm³/mol. The van der Waals surface area contributed by atoms with Crippen molar-refractivity contribution in [1.29, 1.82) is 0 Å². The van der Waals surface area contributed by atoms with Crippen LogP contribution in [0.2, 0.25) is 5.02 Å². The van der Waals surface area contributed by atoms with Gasteiger partial charge >= 0.3 is 0 Å². The molecule has 4 rings (SSSR count). The van der Waals surface area contributed by atoms with Crippen LogP contribution in [0, 0.1) is 5.41 Å². The minimum atomic E-state index is -0.231. The summed E-state index contributed by atoms with van der Waals surface area (Å²) in [7, 11) is 0. The maximum Gasteiger partial charge on any atom is 0.262 e. The molecular weight excluding hydrogens is 496 g/mol. The van der Waals surface area contributed by atoms with E-state index >= 15 is 0 Å². The van der Waals surface area contributed by atoms with Gasteiger partial charge in [0, 0.05) is 44.0 Å². The van der Waals surface area contributed by atoms with Gasteiger partial charge in [-0.15, -0.1) is 11.3 Å². The van der Waals surface area contributed by atoms with E-state index in [-0.39, 0.29) is 29.8 Å². The van der Waals surface area contributed by atoms with E-state index < -0.39 is 0 Å². The second kappa shape index (κ2) is 11.9. The molecule has 2 amide bonds. The summed E-state index contributed by atoms with van der Waals surface area (Å²) in [6, 6.07) is 11.3. The summed E-state index contributed by atoms with van der Waals surface area (Å²) < 4.78 is 5.45. The number of benzene rings is 1. The van der Waals surface area contributed by atoms with E-state index in [0.29, 0.717) is 37.6 Å². The molecule has 2 aliphatic rings. The van der Waals surface area contributed by atoms with Crippen LogP contribution in [0.1, 0.15) is 50.1 Å². The van der Waals surface area contributed by atoms with E-state index in [9.17, 15) is 9.59 Å². The Morgan fingerprint density at radius 1 is 1.17 bits per heavy atom. The first-order valence-corrected chi connectivity index (χ1v) is 13.7. The molecule has 1 aromatic heterocycles. The lowest BCUT2D eigenvalue weighted by Gasteiger charge is -2.32. The molecule has 1 saturated heterocycles. The minimum Gasteiger partial charge on any atom is -0.379 e. The molecule has 0 aliphatic carbocycles. The van der Waals surface area contributed by atoms with E-state index in [0.717, 1.165) is 35.8 Å². The molecule has 1 atom stereocenters. The van der Waals surface area contributed by atoms with Crippen LogP contribution in [0.3, 0.4) is 0 Å². The molecule has 0 saturated carbocycles. The predicted octanol–water partition coefficient (Wildman–Crippen LogP) is 4.68. The molecule has 0 spiro atoms. The third-order valence-corrected chi connectivity index (χ3v) is 7.55. The zero-order chi connectivity index (χ0) is 25.7. The second-order valence-corrected chi connectivity index (χ2v) is 11.9. The Kier molecular flexibility index (Phi) is 8.83. The van der Waals surface area contributed by atoms with E-state index in [1.807, 2.05) is 62.5 Å². The van der Waals surface area contributed by atoms with Gasteiger partial charge < -0.3 is 9.64 Å². The Morgan fingerprint density at radius 3 is 2.53 bits per heavy atom. The standard InChI is InChI=1S/C27H35ClN4O3S/c1-27(2,3)18-25(33)31(11-10-30-12-14-35-15-13-30)19-26(34)32-23(20-6-8-21(28)9-7-20)17-22(29-32)24-5-4-16-36-24/h4-9,16,23H,10-15,17-19H2,1-3H3. The zero-order valence-corrected chi connectivity index (χ0v) is 22.9. The van der Waals surface area contributed by atoms with Crippen molar-refractivity contribution in [3.8, 4) is 0 Å². The second-order valence-electron chi connectivity index (χ2n) is 10.5. The first kappa shape index (κ1) is 26.8. The summed E-state index contributed by atoms with van der Waals surface area (Å²) in [4.78, 5) is 32.0. The Bertz CT molecular complexity index is 1060. The highest BCUT2D eigenvalue weighted by Crippen LogP contribution is 2.34. The van der Waals surface area contributed by atoms with Crippen LogP contribution in [0.5, 0.6) is 0 Å². The van der Waals surface area contributed by atoms with Gasteiger partial charge in [-0.1, -0.05) is 50.6 Å². The Balaban J connectivity index is 1.53. The highest BCUT2D eigenvalue weighted by atomic mass is 35.5. The van der Waals surface area contributed by atoms with Gasteiger partial charge in [-0.2, -0.15) is 5.10 Å². The number of carbonyl (C=O) groups is 2. The van der Waals surface area contributed by atoms with Crippen LogP contribution in [0.4, 0.5) is 0 Å². The maximum absolute atomic E-state index is 13.7. The molecule has 2 aromatic rings. The quantitative estimate of drug-likeness (QED) is 0.497. The molecule has 0 N–H and O–H groups in total. The molecule has 0 radical (unpaired) electrons. The molecule has 1 aromatic carbocycles. The summed E-state index contributed by atoms with van der Waals surface area (Å²) in [6.07, 6.45) is 1.01. The van der Waals surface area contributed by atoms with Crippen molar-refractivity contribution in [3.05, 3.63) is 57.2 Å². The van der Waals surface area contributed by atoms with Gasteiger partial charge in [-0.25, -0.2) is 5.01 Å². The van der Waals surface area contributed by atoms with Crippen molar-refractivity contribution >= 4 is 40.5 Å². The van der Waals surface area contributed by atoms with Gasteiger partial charge in [0.1, 0.15) is 6.54 Å². The fourth-order valence-electron chi connectivity index (χ4n) is 4.46. The van der Waals surface area contributed by atoms with Crippen LogP contribution in [-0.2, 0) is 14.3 Å². The van der Waals surface area contributed by atoms with Gasteiger partial charge in [-0.3, -0.25) is 14.5 Å². The molecule has 7 nitrogen and oxygen atoms in total. The number of thiophene rings is 1. The summed E-state index contributed by atoms with van der Waals surface area (Å²) in [6.45, 7) is 10.4. The van der Waals surface area contributed by atoms with Crippen molar-refractivity contribution in [3.63, 3.8) is 0 Å². The molecule has 36 heavy (non-hydrogen) atoms. The van der Waals surface area contributed by atoms with E-state index in [4.69, 9.17) is 21.4 Å². The average molecular weight is 531 g/mol. The molecule has 194 valence electrons. The fraction of sp³-hybridized carbons (Fsp3) is 0.519. The van der Waals surface area contributed by atoms with Crippen molar-refractivity contribution in [1.82, 2.24) is 14.8 Å². The smallest absolute Gasteiger partial charge is 0.262 e. The first-order valence-electron chi connectivity index (χ1n) is 12.5. The number of carbonyl (C=O) groups excluding carboxylic acids is 2. The van der Waals surface area contributed by atoms with Crippen LogP contribution in [0.15, 0.2) is 46.9 Å². The lowest BCUT2D eigenvalue weighted by atomic mass is 9.91. The Labute approximate surface area is 222 Å². The normalized spacial score (nSPS) is 18.8. The third kappa shape index (κ3) is 7.16. The van der Waals surface area contributed by atoms with Crippen molar-refractivity contribution < 1.29 is 14.3 Å². The topological polar surface area (TPSA) is 65.5 Å². The van der Waals surface area contributed by atoms with E-state index in [1.54, 1.807) is 21.2 Å². The largest absolute Gasteiger partial charge is 0.379 e. The molecule has 3 heterocycles. The molecule has 1 fully saturated rings. The lowest BCUT2D eigenvalue weighted by molar-refractivity contribution is -0.142. The van der Waals surface area contributed by atoms with Crippen LogP contribution < -0.4 is 0 Å². The van der Waals surface area contributed by atoms with Crippen molar-refractivity contribution in [2.24, 2.45) is 10.5 Å². The van der Waals surface area contributed by atoms with Crippen LogP contribution >= 0.6 is 22.9 Å². The van der Waals surface area contributed by atoms with Crippen LogP contribution in [0.25, 0.3) is 0 Å². The number of amides is 2. The average Bonchev–Trinajstić information content (AvgIpc) is 3.52. The third-order valence-electron chi connectivity index (χ3n) is 6.38. The van der Waals surface area contributed by atoms with Gasteiger partial charge in [0.05, 0.1) is 29.8 Å². The fourth-order valence-corrected chi connectivity index (χ4v) is 5.30. The number of nitrogens with zero attached hydrogens (tertiary/aromatic N) is 4. The number of rotatable bonds is 8.